The number of anilines is 1. The number of para-hydroxylation sites is 1. The summed E-state index contributed by atoms with van der Waals surface area (Å²) in [7, 11) is 0. The summed E-state index contributed by atoms with van der Waals surface area (Å²) >= 11 is 5.76. The molecular formula is C13H11ClFNO2. The van der Waals surface area contributed by atoms with Gasteiger partial charge in [0.25, 0.3) is 5.91 Å². The number of hydrogen-bond donors (Lipinski definition) is 0. The number of carbonyl (C=O) groups is 1. The van der Waals surface area contributed by atoms with Crippen molar-refractivity contribution >= 4 is 23.2 Å². The van der Waals surface area contributed by atoms with E-state index in [0.717, 1.165) is 0 Å². The van der Waals surface area contributed by atoms with E-state index in [4.69, 9.17) is 16.0 Å². The van der Waals surface area contributed by atoms with Gasteiger partial charge in [-0.3, -0.25) is 4.79 Å². The Bertz CT molecular complexity index is 568. The molecular weight excluding hydrogens is 257 g/mol. The number of amides is 1. The first-order chi connectivity index (χ1) is 8.65. The van der Waals surface area contributed by atoms with Crippen LogP contribution in [-0.4, -0.2) is 12.5 Å². The number of hydrogen-bond acceptors (Lipinski definition) is 2. The highest BCUT2D eigenvalue weighted by Gasteiger charge is 2.22. The van der Waals surface area contributed by atoms with Crippen molar-refractivity contribution in [1.29, 1.82) is 0 Å². The van der Waals surface area contributed by atoms with E-state index in [1.807, 2.05) is 0 Å². The fraction of sp³-hybridized carbons (Fsp3) is 0.154. The molecule has 94 valence electrons. The van der Waals surface area contributed by atoms with Gasteiger partial charge in [-0.05, 0) is 36.7 Å². The van der Waals surface area contributed by atoms with Crippen molar-refractivity contribution in [2.24, 2.45) is 0 Å². The van der Waals surface area contributed by atoms with E-state index in [2.05, 4.69) is 0 Å². The zero-order valence-corrected chi connectivity index (χ0v) is 10.4. The molecule has 0 bridgehead atoms. The third-order valence-electron chi connectivity index (χ3n) is 2.55. The van der Waals surface area contributed by atoms with Crippen LogP contribution in [-0.2, 0) is 0 Å². The number of nitrogens with zero attached hydrogens (tertiary/aromatic N) is 1. The normalized spacial score (nSPS) is 10.4. The molecule has 3 nitrogen and oxygen atoms in total. The molecule has 0 unspecified atom stereocenters. The fourth-order valence-corrected chi connectivity index (χ4v) is 1.88. The Morgan fingerprint density at radius 3 is 2.67 bits per heavy atom. The van der Waals surface area contributed by atoms with Crippen molar-refractivity contribution < 1.29 is 13.6 Å². The molecule has 0 N–H and O–H groups in total. The summed E-state index contributed by atoms with van der Waals surface area (Å²) in [5.74, 6) is -0.839. The highest BCUT2D eigenvalue weighted by Crippen LogP contribution is 2.24. The Balaban J connectivity index is 2.39. The van der Waals surface area contributed by atoms with Gasteiger partial charge in [0.2, 0.25) is 5.22 Å². The lowest BCUT2D eigenvalue weighted by Crippen LogP contribution is -2.31. The molecule has 0 aliphatic carbocycles. The number of halogens is 2. The molecule has 0 spiro atoms. The summed E-state index contributed by atoms with van der Waals surface area (Å²) in [6, 6.07) is 7.56. The van der Waals surface area contributed by atoms with E-state index in [1.165, 1.54) is 23.3 Å². The summed E-state index contributed by atoms with van der Waals surface area (Å²) < 4.78 is 18.5. The van der Waals surface area contributed by atoms with Crippen LogP contribution in [0, 0.1) is 5.82 Å². The van der Waals surface area contributed by atoms with E-state index in [-0.39, 0.29) is 22.4 Å². The quantitative estimate of drug-likeness (QED) is 0.849. The van der Waals surface area contributed by atoms with Gasteiger partial charge < -0.3 is 9.32 Å². The first-order valence-corrected chi connectivity index (χ1v) is 5.82. The van der Waals surface area contributed by atoms with Crippen molar-refractivity contribution in [3.8, 4) is 0 Å². The third kappa shape index (κ3) is 2.24. The minimum Gasteiger partial charge on any atom is -0.452 e. The van der Waals surface area contributed by atoms with Crippen LogP contribution >= 0.6 is 11.6 Å². The Morgan fingerprint density at radius 2 is 2.11 bits per heavy atom. The summed E-state index contributed by atoms with van der Waals surface area (Å²) in [4.78, 5) is 13.5. The molecule has 0 saturated heterocycles. The van der Waals surface area contributed by atoms with Gasteiger partial charge in [0.05, 0.1) is 17.5 Å². The molecule has 0 atom stereocenters. The predicted molar refractivity (Wildman–Crippen MR) is 67.5 cm³/mol. The fourth-order valence-electron chi connectivity index (χ4n) is 1.69. The van der Waals surface area contributed by atoms with Gasteiger partial charge in [-0.25, -0.2) is 4.39 Å². The highest BCUT2D eigenvalue weighted by atomic mass is 35.5. The molecule has 0 radical (unpaired) electrons. The number of carbonyl (C=O) groups excluding carboxylic acids is 1. The minimum atomic E-state index is -0.452. The van der Waals surface area contributed by atoms with Crippen LogP contribution in [0.15, 0.2) is 41.0 Å². The zero-order chi connectivity index (χ0) is 13.1. The van der Waals surface area contributed by atoms with Gasteiger partial charge >= 0.3 is 0 Å². The van der Waals surface area contributed by atoms with E-state index < -0.39 is 5.82 Å². The average molecular weight is 268 g/mol. The molecule has 1 heterocycles. The summed E-state index contributed by atoms with van der Waals surface area (Å²) in [6.07, 6.45) is 1.32. The molecule has 18 heavy (non-hydrogen) atoms. The smallest absolute Gasteiger partial charge is 0.263 e. The van der Waals surface area contributed by atoms with E-state index in [9.17, 15) is 9.18 Å². The number of rotatable bonds is 3. The second kappa shape index (κ2) is 5.23. The van der Waals surface area contributed by atoms with Crippen LogP contribution in [0.3, 0.4) is 0 Å². The van der Waals surface area contributed by atoms with E-state index in [0.29, 0.717) is 6.54 Å². The summed E-state index contributed by atoms with van der Waals surface area (Å²) in [5.41, 5.74) is 0.448. The van der Waals surface area contributed by atoms with Gasteiger partial charge in [0.15, 0.2) is 0 Å². The molecule has 2 rings (SSSR count). The first-order valence-electron chi connectivity index (χ1n) is 5.44. The molecule has 0 aliphatic rings. The van der Waals surface area contributed by atoms with Crippen LogP contribution in [0.4, 0.5) is 10.1 Å². The second-order valence-electron chi connectivity index (χ2n) is 3.61. The Kier molecular flexibility index (Phi) is 3.67. The third-order valence-corrected chi connectivity index (χ3v) is 2.85. The standard InChI is InChI=1S/C13H11ClFNO2/c1-2-16(11-6-4-3-5-10(11)15)13(17)9-7-8-18-12(9)14/h3-8H,2H2,1H3. The number of benzene rings is 1. The highest BCUT2D eigenvalue weighted by molar-refractivity contribution is 6.32. The maximum Gasteiger partial charge on any atom is 0.263 e. The molecule has 0 fully saturated rings. The number of furan rings is 1. The van der Waals surface area contributed by atoms with Crippen LogP contribution in [0.2, 0.25) is 5.22 Å². The molecule has 1 aromatic heterocycles. The van der Waals surface area contributed by atoms with Gasteiger partial charge in [-0.2, -0.15) is 0 Å². The predicted octanol–water partition coefficient (Wildman–Crippen LogP) is 3.74. The lowest BCUT2D eigenvalue weighted by atomic mass is 10.2. The molecule has 0 saturated carbocycles. The van der Waals surface area contributed by atoms with Crippen LogP contribution in [0.25, 0.3) is 0 Å². The zero-order valence-electron chi connectivity index (χ0n) is 9.69. The van der Waals surface area contributed by atoms with Gasteiger partial charge in [-0.15, -0.1) is 0 Å². The Morgan fingerprint density at radius 1 is 1.39 bits per heavy atom. The molecule has 1 amide bonds. The van der Waals surface area contributed by atoms with Crippen molar-refractivity contribution in [1.82, 2.24) is 0 Å². The summed E-state index contributed by atoms with van der Waals surface area (Å²) in [5, 5.41) is 0.00906. The second-order valence-corrected chi connectivity index (χ2v) is 3.95. The lowest BCUT2D eigenvalue weighted by Gasteiger charge is -2.20. The largest absolute Gasteiger partial charge is 0.452 e. The topological polar surface area (TPSA) is 33.5 Å². The van der Waals surface area contributed by atoms with Gasteiger partial charge in [-0.1, -0.05) is 12.1 Å². The lowest BCUT2D eigenvalue weighted by molar-refractivity contribution is 0.0987. The average Bonchev–Trinajstić information content (AvgIpc) is 2.78. The Labute approximate surface area is 109 Å². The van der Waals surface area contributed by atoms with Crippen LogP contribution in [0.1, 0.15) is 17.3 Å². The van der Waals surface area contributed by atoms with Crippen molar-refractivity contribution in [3.05, 3.63) is 53.2 Å². The Hall–Kier alpha value is -1.81. The molecule has 2 aromatic rings. The maximum absolute atomic E-state index is 13.7. The van der Waals surface area contributed by atoms with E-state index >= 15 is 0 Å². The monoisotopic (exact) mass is 267 g/mol. The van der Waals surface area contributed by atoms with Gasteiger partial charge in [0, 0.05) is 6.54 Å². The molecule has 1 aromatic carbocycles. The summed E-state index contributed by atoms with van der Waals surface area (Å²) in [6.45, 7) is 2.10. The SMILES string of the molecule is CCN(C(=O)c1ccoc1Cl)c1ccccc1F. The van der Waals surface area contributed by atoms with Crippen molar-refractivity contribution in [3.63, 3.8) is 0 Å². The van der Waals surface area contributed by atoms with Gasteiger partial charge in [0.1, 0.15) is 5.82 Å². The van der Waals surface area contributed by atoms with E-state index in [1.54, 1.807) is 25.1 Å². The maximum atomic E-state index is 13.7. The van der Waals surface area contributed by atoms with Crippen LogP contribution in [0.5, 0.6) is 0 Å². The molecule has 0 aliphatic heterocycles. The van der Waals surface area contributed by atoms with Crippen molar-refractivity contribution in [2.45, 2.75) is 6.92 Å². The molecule has 5 heteroatoms. The van der Waals surface area contributed by atoms with Crippen LogP contribution < -0.4 is 4.90 Å². The van der Waals surface area contributed by atoms with Crippen molar-refractivity contribution in [2.75, 3.05) is 11.4 Å². The first kappa shape index (κ1) is 12.6. The minimum absolute atomic E-state index is 0.00906.